The predicted molar refractivity (Wildman–Crippen MR) is 87.9 cm³/mol. The van der Waals surface area contributed by atoms with Crippen LogP contribution in [0, 0.1) is 0 Å². The van der Waals surface area contributed by atoms with E-state index < -0.39 is 6.04 Å². The number of thiol groups is 1. The van der Waals surface area contributed by atoms with Gasteiger partial charge in [0.15, 0.2) is 0 Å². The van der Waals surface area contributed by atoms with Crippen molar-refractivity contribution < 1.29 is 14.3 Å². The maximum atomic E-state index is 12.3. The van der Waals surface area contributed by atoms with E-state index in [2.05, 4.69) is 12.6 Å². The lowest BCUT2D eigenvalue weighted by Crippen LogP contribution is -2.42. The lowest BCUT2D eigenvalue weighted by molar-refractivity contribution is -0.153. The van der Waals surface area contributed by atoms with Crippen LogP contribution in [0.5, 0.6) is 0 Å². The van der Waals surface area contributed by atoms with Gasteiger partial charge in [0.05, 0.1) is 7.11 Å². The molecule has 1 unspecified atom stereocenters. The second-order valence-electron chi connectivity index (χ2n) is 4.60. The molecule has 0 radical (unpaired) electrons. The Morgan fingerprint density at radius 1 is 1.38 bits per heavy atom. The maximum Gasteiger partial charge on any atom is 0.327 e. The van der Waals surface area contributed by atoms with Crippen molar-refractivity contribution in [2.45, 2.75) is 25.6 Å². The van der Waals surface area contributed by atoms with Crippen LogP contribution in [0.2, 0.25) is 5.02 Å². The number of ether oxygens (including phenoxy) is 2. The number of methoxy groups -OCH3 is 2. The Bertz CT molecular complexity index is 458. The molecule has 1 aromatic carbocycles. The van der Waals surface area contributed by atoms with Crippen LogP contribution in [0.4, 0.5) is 0 Å². The summed E-state index contributed by atoms with van der Waals surface area (Å²) in [6, 6.07) is 6.68. The van der Waals surface area contributed by atoms with Crippen LogP contribution < -0.4 is 0 Å². The fourth-order valence-corrected chi connectivity index (χ4v) is 2.54. The number of benzene rings is 1. The second-order valence-corrected chi connectivity index (χ2v) is 5.45. The van der Waals surface area contributed by atoms with Crippen LogP contribution >= 0.6 is 24.2 Å². The zero-order valence-corrected chi connectivity index (χ0v) is 14.2. The second kappa shape index (κ2) is 9.30. The first-order valence-corrected chi connectivity index (χ1v) is 7.79. The van der Waals surface area contributed by atoms with Crippen molar-refractivity contribution in [3.05, 3.63) is 34.9 Å². The molecule has 4 nitrogen and oxygen atoms in total. The molecule has 0 N–H and O–H groups in total. The molecule has 2 atom stereocenters. The average Bonchev–Trinajstić information content (AvgIpc) is 2.51. The molecule has 0 aromatic heterocycles. The lowest BCUT2D eigenvalue weighted by Gasteiger charge is -2.34. The van der Waals surface area contributed by atoms with Gasteiger partial charge in [0, 0.05) is 18.7 Å². The quantitative estimate of drug-likeness (QED) is 0.451. The first kappa shape index (κ1) is 18.3. The van der Waals surface area contributed by atoms with Gasteiger partial charge >= 0.3 is 5.97 Å². The highest BCUT2D eigenvalue weighted by Gasteiger charge is 2.33. The molecular formula is C15H22ClNO3S. The van der Waals surface area contributed by atoms with Gasteiger partial charge in [-0.2, -0.15) is 12.6 Å². The molecule has 0 heterocycles. The number of halogens is 1. The highest BCUT2D eigenvalue weighted by molar-refractivity contribution is 7.80. The van der Waals surface area contributed by atoms with Crippen molar-refractivity contribution in [2.24, 2.45) is 0 Å². The summed E-state index contributed by atoms with van der Waals surface area (Å²) in [4.78, 5) is 14.2. The number of esters is 1. The van der Waals surface area contributed by atoms with E-state index in [1.807, 2.05) is 30.0 Å². The van der Waals surface area contributed by atoms with Crippen LogP contribution in [-0.2, 0) is 14.3 Å². The molecular weight excluding hydrogens is 310 g/mol. The van der Waals surface area contributed by atoms with E-state index in [9.17, 15) is 4.79 Å². The summed E-state index contributed by atoms with van der Waals surface area (Å²) in [5, 5.41) is 0.534. The van der Waals surface area contributed by atoms with E-state index in [0.29, 0.717) is 17.1 Å². The third-order valence-corrected chi connectivity index (χ3v) is 4.00. The van der Waals surface area contributed by atoms with Crippen molar-refractivity contribution in [3.63, 3.8) is 0 Å². The molecule has 6 heteroatoms. The van der Waals surface area contributed by atoms with Crippen LogP contribution in [0.1, 0.15) is 24.9 Å². The minimum absolute atomic E-state index is 0.245. The van der Waals surface area contributed by atoms with Gasteiger partial charge in [-0.15, -0.1) is 0 Å². The van der Waals surface area contributed by atoms with E-state index in [-0.39, 0.29) is 12.2 Å². The minimum Gasteiger partial charge on any atom is -0.468 e. The largest absolute Gasteiger partial charge is 0.468 e. The summed E-state index contributed by atoms with van der Waals surface area (Å²) < 4.78 is 10.4. The molecule has 0 saturated carbocycles. The van der Waals surface area contributed by atoms with Crippen molar-refractivity contribution in [1.29, 1.82) is 0 Å². The smallest absolute Gasteiger partial charge is 0.327 e. The first-order valence-electron chi connectivity index (χ1n) is 6.78. The average molecular weight is 332 g/mol. The Kier molecular flexibility index (Phi) is 8.11. The molecule has 0 aliphatic rings. The Hall–Kier alpha value is -0.750. The Labute approximate surface area is 136 Å². The molecule has 21 heavy (non-hydrogen) atoms. The highest BCUT2D eigenvalue weighted by Crippen LogP contribution is 2.30. The Morgan fingerprint density at radius 2 is 2.05 bits per heavy atom. The molecule has 1 aromatic rings. The number of nitrogens with zero attached hydrogens (tertiary/aromatic N) is 1. The molecule has 0 aliphatic heterocycles. The fraction of sp³-hybridized carbons (Fsp3) is 0.533. The standard InChI is InChI=1S/C15H22ClNO3S/c1-11(19-2)17(9-6-10-21)14(15(18)20-3)12-7-4-5-8-13(12)16/h4-5,7-8,11,14,21H,6,9-10H2,1-3H3/t11?,14-/m0/s1. The fourth-order valence-electron chi connectivity index (χ4n) is 2.16. The van der Waals surface area contributed by atoms with E-state index in [1.54, 1.807) is 13.2 Å². The van der Waals surface area contributed by atoms with Crippen LogP contribution in [-0.4, -0.2) is 43.6 Å². The van der Waals surface area contributed by atoms with Gasteiger partial charge in [-0.3, -0.25) is 4.90 Å². The third-order valence-electron chi connectivity index (χ3n) is 3.34. The number of rotatable bonds is 8. The van der Waals surface area contributed by atoms with Crippen molar-refractivity contribution in [2.75, 3.05) is 26.5 Å². The van der Waals surface area contributed by atoms with Gasteiger partial charge in [-0.1, -0.05) is 29.8 Å². The molecule has 0 saturated heterocycles. The summed E-state index contributed by atoms with van der Waals surface area (Å²) >= 11 is 10.5. The first-order chi connectivity index (χ1) is 10.1. The van der Waals surface area contributed by atoms with Gasteiger partial charge in [-0.25, -0.2) is 4.79 Å². The highest BCUT2D eigenvalue weighted by atomic mass is 35.5. The molecule has 118 valence electrons. The molecule has 0 aliphatic carbocycles. The van der Waals surface area contributed by atoms with E-state index in [0.717, 1.165) is 12.2 Å². The Morgan fingerprint density at radius 3 is 2.57 bits per heavy atom. The molecule has 1 rings (SSSR count). The van der Waals surface area contributed by atoms with Crippen molar-refractivity contribution in [3.8, 4) is 0 Å². The van der Waals surface area contributed by atoms with Crippen molar-refractivity contribution >= 4 is 30.2 Å². The van der Waals surface area contributed by atoms with Crippen molar-refractivity contribution in [1.82, 2.24) is 4.90 Å². The maximum absolute atomic E-state index is 12.3. The van der Waals surface area contributed by atoms with E-state index in [1.165, 1.54) is 7.11 Å². The zero-order chi connectivity index (χ0) is 15.8. The van der Waals surface area contributed by atoms with E-state index >= 15 is 0 Å². The number of hydrogen-bond donors (Lipinski definition) is 1. The molecule has 0 spiro atoms. The summed E-state index contributed by atoms with van der Waals surface area (Å²) in [7, 11) is 2.99. The monoisotopic (exact) mass is 331 g/mol. The topological polar surface area (TPSA) is 38.8 Å². The van der Waals surface area contributed by atoms with E-state index in [4.69, 9.17) is 21.1 Å². The zero-order valence-electron chi connectivity index (χ0n) is 12.6. The van der Waals surface area contributed by atoms with Crippen LogP contribution in [0.15, 0.2) is 24.3 Å². The minimum atomic E-state index is -0.599. The SMILES string of the molecule is COC(=O)[C@H](c1ccccc1Cl)N(CCCS)C(C)OC. The van der Waals surface area contributed by atoms with Gasteiger partial charge in [0.2, 0.25) is 0 Å². The van der Waals surface area contributed by atoms with Gasteiger partial charge in [0.1, 0.15) is 12.3 Å². The van der Waals surface area contributed by atoms with Gasteiger partial charge in [-0.05, 0) is 30.7 Å². The number of hydrogen-bond acceptors (Lipinski definition) is 5. The normalized spacial score (nSPS) is 14.0. The third kappa shape index (κ3) is 4.88. The number of carbonyl (C=O) groups is 1. The van der Waals surface area contributed by atoms with Gasteiger partial charge in [0.25, 0.3) is 0 Å². The summed E-state index contributed by atoms with van der Waals surface area (Å²) in [5.41, 5.74) is 0.717. The number of carbonyl (C=O) groups excluding carboxylic acids is 1. The molecule has 0 bridgehead atoms. The summed E-state index contributed by atoms with van der Waals surface area (Å²) in [6.45, 7) is 2.55. The summed E-state index contributed by atoms with van der Waals surface area (Å²) in [5.74, 6) is 0.370. The van der Waals surface area contributed by atoms with Gasteiger partial charge < -0.3 is 9.47 Å². The van der Waals surface area contributed by atoms with Crippen LogP contribution in [0.25, 0.3) is 0 Å². The van der Waals surface area contributed by atoms with Crippen LogP contribution in [0.3, 0.4) is 0 Å². The summed E-state index contributed by atoms with van der Waals surface area (Å²) in [6.07, 6.45) is 0.583. The predicted octanol–water partition coefficient (Wildman–Crippen LogP) is 3.17. The molecule has 0 amide bonds. The lowest BCUT2D eigenvalue weighted by atomic mass is 10.0. The Balaban J connectivity index is 3.20. The molecule has 0 fully saturated rings.